The minimum Gasteiger partial charge on any atom is -0.494 e. The molecule has 5 heteroatoms. The largest absolute Gasteiger partial charge is 0.494 e. The second-order valence-corrected chi connectivity index (χ2v) is 7.30. The van der Waals surface area contributed by atoms with E-state index in [0.717, 1.165) is 35.8 Å². The van der Waals surface area contributed by atoms with Gasteiger partial charge in [-0.15, -0.1) is 11.8 Å². The van der Waals surface area contributed by atoms with Gasteiger partial charge < -0.3 is 14.8 Å². The van der Waals surface area contributed by atoms with Crippen LogP contribution in [0.5, 0.6) is 11.5 Å². The summed E-state index contributed by atoms with van der Waals surface area (Å²) in [4.78, 5) is 12.1. The average Bonchev–Trinajstić information content (AvgIpc) is 3.11. The molecule has 1 N–H and O–H groups in total. The normalized spacial score (nSPS) is 12.5. The summed E-state index contributed by atoms with van der Waals surface area (Å²) in [6.45, 7) is 3.19. The molecule has 1 aliphatic rings. The number of anilines is 1. The molecule has 2 aromatic rings. The van der Waals surface area contributed by atoms with E-state index in [0.29, 0.717) is 19.0 Å². The minimum atomic E-state index is 0.0361. The smallest absolute Gasteiger partial charge is 0.234 e. The Morgan fingerprint density at radius 3 is 2.54 bits per heavy atom. The zero-order valence-electron chi connectivity index (χ0n) is 15.1. The summed E-state index contributed by atoms with van der Waals surface area (Å²) in [7, 11) is 0. The van der Waals surface area contributed by atoms with E-state index in [2.05, 4.69) is 17.4 Å². The molecular formula is C21H25NO3S. The maximum Gasteiger partial charge on any atom is 0.234 e. The second kappa shape index (κ2) is 9.53. The molecule has 1 aliphatic carbocycles. The van der Waals surface area contributed by atoms with E-state index in [1.807, 2.05) is 37.3 Å². The summed E-state index contributed by atoms with van der Waals surface area (Å²) in [5.74, 6) is 2.90. The van der Waals surface area contributed by atoms with Crippen molar-refractivity contribution in [1.29, 1.82) is 0 Å². The summed E-state index contributed by atoms with van der Waals surface area (Å²) in [5.41, 5.74) is 3.70. The fraction of sp³-hybridized carbons (Fsp3) is 0.381. The van der Waals surface area contributed by atoms with Crippen molar-refractivity contribution in [3.8, 4) is 11.5 Å². The zero-order chi connectivity index (χ0) is 18.2. The third-order valence-corrected chi connectivity index (χ3v) is 5.17. The number of benzene rings is 2. The first-order chi connectivity index (χ1) is 12.7. The van der Waals surface area contributed by atoms with Crippen LogP contribution >= 0.6 is 11.8 Å². The van der Waals surface area contributed by atoms with Gasteiger partial charge in [0.05, 0.1) is 19.0 Å². The summed E-state index contributed by atoms with van der Waals surface area (Å²) < 4.78 is 11.1. The van der Waals surface area contributed by atoms with Crippen molar-refractivity contribution in [2.45, 2.75) is 26.2 Å². The van der Waals surface area contributed by atoms with Gasteiger partial charge >= 0.3 is 0 Å². The van der Waals surface area contributed by atoms with Gasteiger partial charge in [0.25, 0.3) is 0 Å². The molecule has 2 aromatic carbocycles. The Balaban J connectivity index is 1.32. The van der Waals surface area contributed by atoms with Crippen molar-refractivity contribution < 1.29 is 14.3 Å². The fourth-order valence-corrected chi connectivity index (χ4v) is 3.63. The van der Waals surface area contributed by atoms with Gasteiger partial charge in [-0.25, -0.2) is 0 Å². The van der Waals surface area contributed by atoms with E-state index < -0.39 is 0 Å². The third kappa shape index (κ3) is 5.43. The highest BCUT2D eigenvalue weighted by Gasteiger charge is 2.11. The van der Waals surface area contributed by atoms with Crippen LogP contribution in [-0.2, 0) is 17.6 Å². The average molecular weight is 372 g/mol. The van der Waals surface area contributed by atoms with E-state index in [-0.39, 0.29) is 5.91 Å². The first kappa shape index (κ1) is 18.6. The number of hydrogen-bond donors (Lipinski definition) is 1. The number of ether oxygens (including phenoxy) is 2. The molecule has 3 rings (SSSR count). The van der Waals surface area contributed by atoms with Gasteiger partial charge in [-0.3, -0.25) is 4.79 Å². The molecule has 0 saturated heterocycles. The Labute approximate surface area is 159 Å². The summed E-state index contributed by atoms with van der Waals surface area (Å²) in [6.07, 6.45) is 3.50. The number of carbonyl (C=O) groups excluding carboxylic acids is 1. The molecular weight excluding hydrogens is 346 g/mol. The highest BCUT2D eigenvalue weighted by molar-refractivity contribution is 7.99. The molecule has 0 heterocycles. The van der Waals surface area contributed by atoms with Gasteiger partial charge in [0, 0.05) is 11.4 Å². The van der Waals surface area contributed by atoms with Crippen LogP contribution in [0.3, 0.4) is 0 Å². The standard InChI is InChI=1S/C21H25NO3S/c1-2-24-19-8-10-20(11-9-19)25-12-13-26-15-21(23)22-18-7-6-16-4-3-5-17(16)14-18/h6-11,14H,2-5,12-13,15H2,1H3,(H,22,23). The lowest BCUT2D eigenvalue weighted by Gasteiger charge is -2.09. The zero-order valence-corrected chi connectivity index (χ0v) is 15.9. The Kier molecular flexibility index (Phi) is 6.83. The summed E-state index contributed by atoms with van der Waals surface area (Å²) in [6, 6.07) is 13.8. The number of rotatable bonds is 9. The van der Waals surface area contributed by atoms with Crippen LogP contribution in [-0.4, -0.2) is 30.6 Å². The van der Waals surface area contributed by atoms with Crippen molar-refractivity contribution in [1.82, 2.24) is 0 Å². The van der Waals surface area contributed by atoms with Crippen LogP contribution < -0.4 is 14.8 Å². The lowest BCUT2D eigenvalue weighted by Crippen LogP contribution is -2.15. The van der Waals surface area contributed by atoms with E-state index in [1.54, 1.807) is 11.8 Å². The van der Waals surface area contributed by atoms with E-state index in [9.17, 15) is 4.79 Å². The van der Waals surface area contributed by atoms with Crippen molar-refractivity contribution in [3.05, 3.63) is 53.6 Å². The van der Waals surface area contributed by atoms with Crippen LogP contribution in [0, 0.1) is 0 Å². The van der Waals surface area contributed by atoms with Gasteiger partial charge in [0.15, 0.2) is 0 Å². The Bertz CT molecular complexity index is 731. The van der Waals surface area contributed by atoms with E-state index in [4.69, 9.17) is 9.47 Å². The number of hydrogen-bond acceptors (Lipinski definition) is 4. The van der Waals surface area contributed by atoms with Crippen LogP contribution in [0.25, 0.3) is 0 Å². The lowest BCUT2D eigenvalue weighted by atomic mass is 10.1. The molecule has 0 aromatic heterocycles. The molecule has 26 heavy (non-hydrogen) atoms. The molecule has 4 nitrogen and oxygen atoms in total. The second-order valence-electron chi connectivity index (χ2n) is 6.19. The molecule has 0 radical (unpaired) electrons. The summed E-state index contributed by atoms with van der Waals surface area (Å²) in [5, 5.41) is 2.98. The fourth-order valence-electron chi connectivity index (χ4n) is 3.03. The SMILES string of the molecule is CCOc1ccc(OCCSCC(=O)Nc2ccc3c(c2)CCC3)cc1. The summed E-state index contributed by atoms with van der Waals surface area (Å²) >= 11 is 1.57. The van der Waals surface area contributed by atoms with Crippen LogP contribution in [0.2, 0.25) is 0 Å². The van der Waals surface area contributed by atoms with E-state index >= 15 is 0 Å². The molecule has 0 spiro atoms. The quantitative estimate of drug-likeness (QED) is 0.667. The van der Waals surface area contributed by atoms with Gasteiger partial charge in [-0.1, -0.05) is 6.07 Å². The number of fused-ring (bicyclic) bond motifs is 1. The van der Waals surface area contributed by atoms with Crippen LogP contribution in [0.4, 0.5) is 5.69 Å². The van der Waals surface area contributed by atoms with Gasteiger partial charge in [-0.2, -0.15) is 0 Å². The van der Waals surface area contributed by atoms with E-state index in [1.165, 1.54) is 17.5 Å². The van der Waals surface area contributed by atoms with Crippen LogP contribution in [0.15, 0.2) is 42.5 Å². The molecule has 0 atom stereocenters. The number of thioether (sulfide) groups is 1. The number of carbonyl (C=O) groups is 1. The Morgan fingerprint density at radius 2 is 1.77 bits per heavy atom. The number of aryl methyl sites for hydroxylation is 2. The first-order valence-electron chi connectivity index (χ1n) is 9.09. The van der Waals surface area contributed by atoms with Crippen molar-refractivity contribution in [2.24, 2.45) is 0 Å². The topological polar surface area (TPSA) is 47.6 Å². The molecule has 0 saturated carbocycles. The highest BCUT2D eigenvalue weighted by Crippen LogP contribution is 2.25. The Morgan fingerprint density at radius 1 is 1.04 bits per heavy atom. The first-order valence-corrected chi connectivity index (χ1v) is 10.2. The molecule has 0 fully saturated rings. The highest BCUT2D eigenvalue weighted by atomic mass is 32.2. The lowest BCUT2D eigenvalue weighted by molar-refractivity contribution is -0.113. The van der Waals surface area contributed by atoms with Crippen molar-refractivity contribution in [2.75, 3.05) is 30.0 Å². The van der Waals surface area contributed by atoms with Crippen molar-refractivity contribution in [3.63, 3.8) is 0 Å². The van der Waals surface area contributed by atoms with Gasteiger partial charge in [0.1, 0.15) is 11.5 Å². The molecule has 0 unspecified atom stereocenters. The molecule has 0 aliphatic heterocycles. The third-order valence-electron chi connectivity index (χ3n) is 4.25. The monoisotopic (exact) mass is 371 g/mol. The molecule has 138 valence electrons. The molecule has 1 amide bonds. The van der Waals surface area contributed by atoms with Gasteiger partial charge in [-0.05, 0) is 73.7 Å². The van der Waals surface area contributed by atoms with Crippen molar-refractivity contribution >= 4 is 23.4 Å². The molecule has 0 bridgehead atoms. The number of amides is 1. The maximum atomic E-state index is 12.1. The number of nitrogens with one attached hydrogen (secondary N) is 1. The predicted molar refractivity (Wildman–Crippen MR) is 108 cm³/mol. The van der Waals surface area contributed by atoms with Crippen LogP contribution in [0.1, 0.15) is 24.5 Å². The minimum absolute atomic E-state index is 0.0361. The predicted octanol–water partition coefficient (Wildman–Crippen LogP) is 4.32. The van der Waals surface area contributed by atoms with Gasteiger partial charge in [0.2, 0.25) is 5.91 Å². The maximum absolute atomic E-state index is 12.1. The Hall–Kier alpha value is -2.14.